The van der Waals surface area contributed by atoms with Gasteiger partial charge in [0.1, 0.15) is 17.7 Å². The first-order valence-electron chi connectivity index (χ1n) is 9.43. The number of rotatable bonds is 5. The van der Waals surface area contributed by atoms with Gasteiger partial charge in [0.2, 0.25) is 5.91 Å². The fourth-order valence-electron chi connectivity index (χ4n) is 3.62. The standard InChI is InChI=1S/C21H21FN6O2/c1-12-16(13(2)28-17(24-12)11-19(30)26-28)10-18(29)25-20(21-23-7-8-27(21)3)14-5-4-6-15(22)9-14/h4-9,11,20H,10H2,1-3H3,(H,25,29)(H,26,30). The molecule has 30 heavy (non-hydrogen) atoms. The Morgan fingerprint density at radius 3 is 2.80 bits per heavy atom. The summed E-state index contributed by atoms with van der Waals surface area (Å²) in [4.78, 5) is 33.4. The molecule has 154 valence electrons. The lowest BCUT2D eigenvalue weighted by Crippen LogP contribution is -2.32. The predicted octanol–water partition coefficient (Wildman–Crippen LogP) is 1.96. The summed E-state index contributed by atoms with van der Waals surface area (Å²) < 4.78 is 17.2. The number of nitrogens with one attached hydrogen (secondary N) is 2. The number of halogens is 1. The van der Waals surface area contributed by atoms with E-state index < -0.39 is 6.04 Å². The van der Waals surface area contributed by atoms with Crippen LogP contribution in [0.5, 0.6) is 0 Å². The third-order valence-corrected chi connectivity index (χ3v) is 5.14. The molecule has 0 saturated heterocycles. The normalized spacial score (nSPS) is 12.3. The third-order valence-electron chi connectivity index (χ3n) is 5.14. The van der Waals surface area contributed by atoms with Gasteiger partial charge in [0, 0.05) is 42.5 Å². The lowest BCUT2D eigenvalue weighted by atomic mass is 10.0. The fraction of sp³-hybridized carbons (Fsp3) is 0.238. The van der Waals surface area contributed by atoms with E-state index in [0.29, 0.717) is 28.3 Å². The van der Waals surface area contributed by atoms with Gasteiger partial charge in [0.25, 0.3) is 5.56 Å². The monoisotopic (exact) mass is 408 g/mol. The molecular formula is C21H21FN6O2. The number of aryl methyl sites for hydroxylation is 3. The van der Waals surface area contributed by atoms with E-state index in [0.717, 1.165) is 5.69 Å². The van der Waals surface area contributed by atoms with Crippen LogP contribution in [0.3, 0.4) is 0 Å². The maximum Gasteiger partial charge on any atom is 0.266 e. The molecule has 4 aromatic rings. The molecule has 8 nitrogen and oxygen atoms in total. The molecule has 0 bridgehead atoms. The summed E-state index contributed by atoms with van der Waals surface area (Å²) in [7, 11) is 1.81. The highest BCUT2D eigenvalue weighted by Crippen LogP contribution is 2.22. The summed E-state index contributed by atoms with van der Waals surface area (Å²) in [6.07, 6.45) is 3.45. The van der Waals surface area contributed by atoms with E-state index in [9.17, 15) is 14.0 Å². The number of H-pyrrole nitrogens is 1. The second-order valence-electron chi connectivity index (χ2n) is 7.20. The Hall–Kier alpha value is -3.75. The molecule has 9 heteroatoms. The molecule has 2 N–H and O–H groups in total. The maximum absolute atomic E-state index is 13.8. The Morgan fingerprint density at radius 1 is 1.30 bits per heavy atom. The van der Waals surface area contributed by atoms with Gasteiger partial charge in [-0.1, -0.05) is 12.1 Å². The van der Waals surface area contributed by atoms with Crippen molar-refractivity contribution in [3.63, 3.8) is 0 Å². The summed E-state index contributed by atoms with van der Waals surface area (Å²) >= 11 is 0. The van der Waals surface area contributed by atoms with Crippen molar-refractivity contribution in [1.29, 1.82) is 0 Å². The summed E-state index contributed by atoms with van der Waals surface area (Å²) in [5.74, 6) is -0.0707. The number of carbonyl (C=O) groups is 1. The van der Waals surface area contributed by atoms with E-state index in [1.54, 1.807) is 40.5 Å². The third kappa shape index (κ3) is 3.61. The lowest BCUT2D eigenvalue weighted by Gasteiger charge is -2.20. The quantitative estimate of drug-likeness (QED) is 0.528. The summed E-state index contributed by atoms with van der Waals surface area (Å²) in [5, 5.41) is 5.64. The van der Waals surface area contributed by atoms with Crippen LogP contribution in [0.15, 0.2) is 47.5 Å². The number of benzene rings is 1. The van der Waals surface area contributed by atoms with Gasteiger partial charge in [-0.2, -0.15) is 0 Å². The molecule has 0 spiro atoms. The van der Waals surface area contributed by atoms with E-state index >= 15 is 0 Å². The maximum atomic E-state index is 13.8. The van der Waals surface area contributed by atoms with Crippen molar-refractivity contribution in [2.24, 2.45) is 7.05 Å². The van der Waals surface area contributed by atoms with Crippen LogP contribution in [0, 0.1) is 19.7 Å². The molecule has 0 saturated carbocycles. The molecule has 1 aromatic carbocycles. The van der Waals surface area contributed by atoms with E-state index in [1.165, 1.54) is 18.2 Å². The smallest absolute Gasteiger partial charge is 0.266 e. The molecule has 0 fully saturated rings. The van der Waals surface area contributed by atoms with Crippen molar-refractivity contribution in [2.45, 2.75) is 26.3 Å². The van der Waals surface area contributed by atoms with Gasteiger partial charge in [-0.3, -0.25) is 14.7 Å². The van der Waals surface area contributed by atoms with Gasteiger partial charge >= 0.3 is 0 Å². The number of amides is 1. The zero-order chi connectivity index (χ0) is 21.4. The van der Waals surface area contributed by atoms with E-state index in [-0.39, 0.29) is 23.7 Å². The number of carbonyl (C=O) groups excluding carboxylic acids is 1. The number of hydrogen-bond acceptors (Lipinski definition) is 4. The highest BCUT2D eigenvalue weighted by molar-refractivity contribution is 5.80. The Balaban J connectivity index is 1.66. The van der Waals surface area contributed by atoms with E-state index in [4.69, 9.17) is 0 Å². The molecule has 0 aliphatic heterocycles. The van der Waals surface area contributed by atoms with Crippen molar-refractivity contribution in [2.75, 3.05) is 0 Å². The van der Waals surface area contributed by atoms with Crippen LogP contribution in [-0.2, 0) is 18.3 Å². The zero-order valence-corrected chi connectivity index (χ0v) is 16.8. The fourth-order valence-corrected chi connectivity index (χ4v) is 3.62. The Morgan fingerprint density at radius 2 is 2.10 bits per heavy atom. The molecule has 4 rings (SSSR count). The van der Waals surface area contributed by atoms with Crippen molar-refractivity contribution in [1.82, 2.24) is 29.5 Å². The number of fused-ring (bicyclic) bond motifs is 1. The first-order valence-corrected chi connectivity index (χ1v) is 9.43. The zero-order valence-electron chi connectivity index (χ0n) is 16.8. The minimum Gasteiger partial charge on any atom is -0.342 e. The number of imidazole rings is 1. The molecule has 3 heterocycles. The average Bonchev–Trinajstić information content (AvgIpc) is 3.28. The van der Waals surface area contributed by atoms with Gasteiger partial charge in [-0.15, -0.1) is 0 Å². The molecular weight excluding hydrogens is 387 g/mol. The Bertz CT molecular complexity index is 1300. The van der Waals surface area contributed by atoms with Crippen LogP contribution >= 0.6 is 0 Å². The van der Waals surface area contributed by atoms with E-state index in [1.807, 2.05) is 14.0 Å². The first kappa shape index (κ1) is 19.6. The predicted molar refractivity (Wildman–Crippen MR) is 109 cm³/mol. The van der Waals surface area contributed by atoms with Crippen molar-refractivity contribution < 1.29 is 9.18 Å². The van der Waals surface area contributed by atoms with E-state index in [2.05, 4.69) is 20.4 Å². The number of hydrogen-bond donors (Lipinski definition) is 2. The Labute approximate surface area is 171 Å². The molecule has 0 radical (unpaired) electrons. The van der Waals surface area contributed by atoms with Crippen molar-refractivity contribution >= 4 is 11.6 Å². The van der Waals surface area contributed by atoms with Crippen LogP contribution in [0.4, 0.5) is 4.39 Å². The summed E-state index contributed by atoms with van der Waals surface area (Å²) in [6, 6.07) is 6.88. The van der Waals surface area contributed by atoms with Gasteiger partial charge in [-0.25, -0.2) is 18.9 Å². The molecule has 1 unspecified atom stereocenters. The van der Waals surface area contributed by atoms with Crippen LogP contribution in [0.25, 0.3) is 5.65 Å². The van der Waals surface area contributed by atoms with Crippen LogP contribution in [-0.4, -0.2) is 30.1 Å². The lowest BCUT2D eigenvalue weighted by molar-refractivity contribution is -0.121. The molecule has 0 aliphatic rings. The van der Waals surface area contributed by atoms with Gasteiger partial charge in [0.05, 0.1) is 6.42 Å². The number of aromatic nitrogens is 5. The minimum absolute atomic E-state index is 0.0526. The minimum atomic E-state index is -0.614. The highest BCUT2D eigenvalue weighted by atomic mass is 19.1. The largest absolute Gasteiger partial charge is 0.342 e. The first-order chi connectivity index (χ1) is 14.3. The van der Waals surface area contributed by atoms with Crippen molar-refractivity contribution in [3.8, 4) is 0 Å². The van der Waals surface area contributed by atoms with Gasteiger partial charge < -0.3 is 9.88 Å². The Kier molecular flexibility index (Phi) is 4.94. The van der Waals surface area contributed by atoms with Crippen LogP contribution < -0.4 is 10.9 Å². The summed E-state index contributed by atoms with van der Waals surface area (Å²) in [5.41, 5.74) is 2.95. The second kappa shape index (κ2) is 7.58. The highest BCUT2D eigenvalue weighted by Gasteiger charge is 2.22. The van der Waals surface area contributed by atoms with Gasteiger partial charge in [-0.05, 0) is 31.5 Å². The number of aromatic amines is 1. The second-order valence-corrected chi connectivity index (χ2v) is 7.20. The van der Waals surface area contributed by atoms with Crippen LogP contribution in [0.1, 0.15) is 34.4 Å². The average molecular weight is 408 g/mol. The van der Waals surface area contributed by atoms with Gasteiger partial charge in [0.15, 0.2) is 5.65 Å². The molecule has 1 amide bonds. The topological polar surface area (TPSA) is 97.1 Å². The van der Waals surface area contributed by atoms with Crippen molar-refractivity contribution in [3.05, 3.63) is 87.2 Å². The molecule has 0 aliphatic carbocycles. The SMILES string of the molecule is Cc1nc2cc(=O)[nH]n2c(C)c1CC(=O)NC(c1cccc(F)c1)c1nccn1C. The van der Waals surface area contributed by atoms with Crippen LogP contribution in [0.2, 0.25) is 0 Å². The molecule has 1 atom stereocenters. The number of nitrogens with zero attached hydrogens (tertiary/aromatic N) is 4. The summed E-state index contributed by atoms with van der Waals surface area (Å²) in [6.45, 7) is 3.62. The molecule has 3 aromatic heterocycles.